The molecule has 0 aliphatic carbocycles. The van der Waals surface area contributed by atoms with Crippen molar-refractivity contribution >= 4 is 11.8 Å². The van der Waals surface area contributed by atoms with E-state index in [1.165, 1.54) is 12.1 Å². The Balaban J connectivity index is 0.00000162. The van der Waals surface area contributed by atoms with Crippen molar-refractivity contribution in [2.24, 2.45) is 0 Å². The van der Waals surface area contributed by atoms with Crippen LogP contribution in [-0.2, 0) is 0 Å². The molecule has 0 unspecified atom stereocenters. The third-order valence-corrected chi connectivity index (χ3v) is 2.43. The van der Waals surface area contributed by atoms with Crippen molar-refractivity contribution in [1.29, 1.82) is 0 Å². The second-order valence-electron chi connectivity index (χ2n) is 3.53. The van der Waals surface area contributed by atoms with Gasteiger partial charge in [0.15, 0.2) is 5.78 Å². The van der Waals surface area contributed by atoms with Gasteiger partial charge in [0.05, 0.1) is 5.97 Å². The first-order valence-corrected chi connectivity index (χ1v) is 5.10. The van der Waals surface area contributed by atoms with Crippen LogP contribution >= 0.6 is 0 Å². The summed E-state index contributed by atoms with van der Waals surface area (Å²) in [6.07, 6.45) is 0. The molecule has 0 fully saturated rings. The van der Waals surface area contributed by atoms with Crippen molar-refractivity contribution in [2.75, 3.05) is 0 Å². The SMILES string of the molecule is O=C([O-])c1ccccc1C(=O)c1ccccc1.[K+]. The van der Waals surface area contributed by atoms with Gasteiger partial charge in [0.25, 0.3) is 0 Å². The molecule has 2 aromatic rings. The molecule has 0 heterocycles. The number of carboxylic acids is 1. The van der Waals surface area contributed by atoms with Gasteiger partial charge in [-0.2, -0.15) is 0 Å². The zero-order chi connectivity index (χ0) is 12.3. The Labute approximate surface area is 147 Å². The molecule has 0 saturated heterocycles. The summed E-state index contributed by atoms with van der Waals surface area (Å²) in [5, 5.41) is 10.9. The zero-order valence-electron chi connectivity index (χ0n) is 9.92. The zero-order valence-corrected chi connectivity index (χ0v) is 13.0. The summed E-state index contributed by atoms with van der Waals surface area (Å²) in [7, 11) is 0. The fraction of sp³-hybridized carbons (Fsp3) is 0. The summed E-state index contributed by atoms with van der Waals surface area (Å²) in [5.41, 5.74) is 0.529. The predicted molar refractivity (Wildman–Crippen MR) is 60.6 cm³/mol. The molecule has 0 aliphatic rings. The van der Waals surface area contributed by atoms with Gasteiger partial charge in [0.1, 0.15) is 0 Å². The van der Waals surface area contributed by atoms with E-state index in [9.17, 15) is 14.7 Å². The predicted octanol–water partition coefficient (Wildman–Crippen LogP) is -1.71. The molecule has 4 heteroatoms. The summed E-state index contributed by atoms with van der Waals surface area (Å²) in [6.45, 7) is 0. The molecular formula is C14H9KO3. The van der Waals surface area contributed by atoms with Gasteiger partial charge in [0.2, 0.25) is 0 Å². The number of ketones is 1. The second kappa shape index (κ2) is 6.97. The first kappa shape index (κ1) is 15.3. The molecule has 2 aromatic carbocycles. The van der Waals surface area contributed by atoms with Gasteiger partial charge in [-0.3, -0.25) is 4.79 Å². The smallest absolute Gasteiger partial charge is 0.545 e. The van der Waals surface area contributed by atoms with Gasteiger partial charge in [0, 0.05) is 16.7 Å². The topological polar surface area (TPSA) is 57.2 Å². The molecule has 0 spiro atoms. The van der Waals surface area contributed by atoms with E-state index >= 15 is 0 Å². The molecule has 0 radical (unpaired) electrons. The molecule has 18 heavy (non-hydrogen) atoms. The van der Waals surface area contributed by atoms with Crippen molar-refractivity contribution < 1.29 is 66.1 Å². The van der Waals surface area contributed by atoms with E-state index in [4.69, 9.17) is 0 Å². The first-order valence-electron chi connectivity index (χ1n) is 5.10. The number of carbonyl (C=O) groups excluding carboxylic acids is 2. The Morgan fingerprint density at radius 1 is 0.778 bits per heavy atom. The van der Waals surface area contributed by atoms with E-state index in [-0.39, 0.29) is 68.3 Å². The number of carboxylic acid groups (broad SMARTS) is 1. The molecule has 0 saturated carbocycles. The maximum Gasteiger partial charge on any atom is 1.00 e. The van der Waals surface area contributed by atoms with Gasteiger partial charge in [-0.05, 0) is 0 Å². The van der Waals surface area contributed by atoms with E-state index in [2.05, 4.69) is 0 Å². The molecule has 2 rings (SSSR count). The molecule has 0 bridgehead atoms. The van der Waals surface area contributed by atoms with Crippen LogP contribution in [0.5, 0.6) is 0 Å². The summed E-state index contributed by atoms with van der Waals surface area (Å²) in [6, 6.07) is 14.6. The minimum atomic E-state index is -1.34. The maximum atomic E-state index is 12.1. The Kier molecular flexibility index (Phi) is 5.91. The molecule has 0 amide bonds. The van der Waals surface area contributed by atoms with Gasteiger partial charge in [-0.25, -0.2) is 0 Å². The van der Waals surface area contributed by atoms with Gasteiger partial charge in [-0.15, -0.1) is 0 Å². The van der Waals surface area contributed by atoms with E-state index in [0.717, 1.165) is 0 Å². The Morgan fingerprint density at radius 2 is 1.28 bits per heavy atom. The quantitative estimate of drug-likeness (QED) is 0.490. The van der Waals surface area contributed by atoms with Gasteiger partial charge in [-0.1, -0.05) is 54.6 Å². The fourth-order valence-electron chi connectivity index (χ4n) is 1.60. The normalized spacial score (nSPS) is 9.33. The van der Waals surface area contributed by atoms with Crippen molar-refractivity contribution in [3.05, 3.63) is 71.3 Å². The number of benzene rings is 2. The second-order valence-corrected chi connectivity index (χ2v) is 3.53. The molecular weight excluding hydrogens is 255 g/mol. The number of carbonyl (C=O) groups is 2. The number of hydrogen-bond acceptors (Lipinski definition) is 3. The first-order chi connectivity index (χ1) is 8.20. The van der Waals surface area contributed by atoms with Crippen molar-refractivity contribution in [3.8, 4) is 0 Å². The molecule has 0 aliphatic heterocycles. The summed E-state index contributed by atoms with van der Waals surface area (Å²) >= 11 is 0. The third kappa shape index (κ3) is 3.37. The summed E-state index contributed by atoms with van der Waals surface area (Å²) in [4.78, 5) is 23.0. The maximum absolute atomic E-state index is 12.1. The van der Waals surface area contributed by atoms with Crippen LogP contribution < -0.4 is 56.5 Å². The third-order valence-electron chi connectivity index (χ3n) is 2.43. The van der Waals surface area contributed by atoms with E-state index in [0.29, 0.717) is 5.56 Å². The standard InChI is InChI=1S/C14H10O3.K/c15-13(10-6-2-1-3-7-10)11-8-4-5-9-12(11)14(16)17;/h1-9H,(H,16,17);/q;+1/p-1. The molecule has 0 aromatic heterocycles. The van der Waals surface area contributed by atoms with Crippen molar-refractivity contribution in [3.63, 3.8) is 0 Å². The Hall–Kier alpha value is -0.784. The van der Waals surface area contributed by atoms with Crippen LogP contribution in [0.15, 0.2) is 54.6 Å². The number of hydrogen-bond donors (Lipinski definition) is 0. The Morgan fingerprint density at radius 3 is 1.83 bits per heavy atom. The molecule has 84 valence electrons. The van der Waals surface area contributed by atoms with E-state index in [1.807, 2.05) is 0 Å². The number of aromatic carboxylic acids is 1. The van der Waals surface area contributed by atoms with Gasteiger partial charge < -0.3 is 9.90 Å². The molecule has 0 atom stereocenters. The average molecular weight is 264 g/mol. The van der Waals surface area contributed by atoms with Crippen LogP contribution in [-0.4, -0.2) is 11.8 Å². The van der Waals surface area contributed by atoms with Crippen molar-refractivity contribution in [1.82, 2.24) is 0 Å². The average Bonchev–Trinajstić information content (AvgIpc) is 2.39. The van der Waals surface area contributed by atoms with Crippen LogP contribution in [0.3, 0.4) is 0 Å². The van der Waals surface area contributed by atoms with Gasteiger partial charge >= 0.3 is 51.4 Å². The summed E-state index contributed by atoms with van der Waals surface area (Å²) < 4.78 is 0. The van der Waals surface area contributed by atoms with E-state index < -0.39 is 5.97 Å². The fourth-order valence-corrected chi connectivity index (χ4v) is 1.60. The van der Waals surface area contributed by atoms with E-state index in [1.54, 1.807) is 42.5 Å². The monoisotopic (exact) mass is 264 g/mol. The van der Waals surface area contributed by atoms with Crippen LogP contribution in [0.4, 0.5) is 0 Å². The van der Waals surface area contributed by atoms with Crippen LogP contribution in [0.2, 0.25) is 0 Å². The largest absolute Gasteiger partial charge is 1.00 e. The minimum Gasteiger partial charge on any atom is -0.545 e. The molecule has 0 N–H and O–H groups in total. The van der Waals surface area contributed by atoms with Crippen molar-refractivity contribution in [2.45, 2.75) is 0 Å². The summed E-state index contributed by atoms with van der Waals surface area (Å²) in [5.74, 6) is -1.66. The van der Waals surface area contributed by atoms with Crippen LogP contribution in [0.1, 0.15) is 26.3 Å². The molecule has 3 nitrogen and oxygen atoms in total. The van der Waals surface area contributed by atoms with Crippen LogP contribution in [0, 0.1) is 0 Å². The Bertz CT molecular complexity index is 564. The minimum absolute atomic E-state index is 0. The number of rotatable bonds is 3. The van der Waals surface area contributed by atoms with Crippen LogP contribution in [0.25, 0.3) is 0 Å².